The first kappa shape index (κ1) is 15.2. The molecule has 0 saturated carbocycles. The summed E-state index contributed by atoms with van der Waals surface area (Å²) in [6, 6.07) is -0.657. The van der Waals surface area contributed by atoms with Gasteiger partial charge in [-0.3, -0.25) is 9.63 Å². The van der Waals surface area contributed by atoms with Crippen molar-refractivity contribution in [3.63, 3.8) is 0 Å². The van der Waals surface area contributed by atoms with E-state index in [2.05, 4.69) is 14.9 Å². The third-order valence-corrected chi connectivity index (χ3v) is 1.51. The number of rotatable bonds is 8. The molecule has 0 radical (unpaired) electrons. The molecule has 0 aromatic heterocycles. The molecule has 0 aliphatic heterocycles. The molecule has 3 N–H and O–H groups in total. The van der Waals surface area contributed by atoms with Crippen LogP contribution >= 0.6 is 0 Å². The van der Waals surface area contributed by atoms with E-state index in [1.807, 2.05) is 5.48 Å². The molecule has 0 aromatic rings. The highest BCUT2D eigenvalue weighted by atomic mass is 16.7. The lowest BCUT2D eigenvalue weighted by Gasteiger charge is -2.06. The molecule has 0 atom stereocenters. The van der Waals surface area contributed by atoms with Crippen LogP contribution in [0.2, 0.25) is 0 Å². The molecule has 0 rings (SSSR count). The molecule has 2 amide bonds. The van der Waals surface area contributed by atoms with Crippen molar-refractivity contribution in [2.45, 2.75) is 19.8 Å². The Morgan fingerprint density at radius 2 is 2.00 bits per heavy atom. The van der Waals surface area contributed by atoms with Crippen LogP contribution in [0.1, 0.15) is 19.8 Å². The first-order chi connectivity index (χ1) is 8.06. The number of urea groups is 1. The average molecular weight is 248 g/mol. The van der Waals surface area contributed by atoms with Crippen molar-refractivity contribution in [3.8, 4) is 0 Å². The molecule has 0 unspecified atom stereocenters. The summed E-state index contributed by atoms with van der Waals surface area (Å²) in [6.45, 7) is 1.69. The summed E-state index contributed by atoms with van der Waals surface area (Å²) in [5.41, 5.74) is 1.88. The van der Waals surface area contributed by atoms with Crippen molar-refractivity contribution in [2.75, 3.05) is 19.8 Å². The Hall–Kier alpha value is -1.83. The number of carbonyl (C=O) groups excluding carboxylic acids is 2. The SMILES string of the molecule is CCOC(=O)CCCNC(=O)NOCC(=O)O. The highest BCUT2D eigenvalue weighted by Gasteiger charge is 2.04. The minimum atomic E-state index is -1.19. The molecule has 0 aromatic carbocycles. The van der Waals surface area contributed by atoms with Gasteiger partial charge in [0.2, 0.25) is 0 Å². The largest absolute Gasteiger partial charge is 0.479 e. The van der Waals surface area contributed by atoms with Gasteiger partial charge in [-0.1, -0.05) is 0 Å². The van der Waals surface area contributed by atoms with Crippen molar-refractivity contribution < 1.29 is 29.1 Å². The van der Waals surface area contributed by atoms with E-state index in [1.54, 1.807) is 6.92 Å². The van der Waals surface area contributed by atoms with Gasteiger partial charge in [0.25, 0.3) is 0 Å². The fourth-order valence-corrected chi connectivity index (χ4v) is 0.867. The number of hydroxylamine groups is 1. The zero-order valence-electron chi connectivity index (χ0n) is 9.52. The maximum absolute atomic E-state index is 10.9. The second kappa shape index (κ2) is 9.40. The van der Waals surface area contributed by atoms with Gasteiger partial charge >= 0.3 is 18.0 Å². The summed E-state index contributed by atoms with van der Waals surface area (Å²) in [4.78, 5) is 36.2. The van der Waals surface area contributed by atoms with Gasteiger partial charge in [0.05, 0.1) is 6.61 Å². The zero-order valence-corrected chi connectivity index (χ0v) is 9.52. The summed E-state index contributed by atoms with van der Waals surface area (Å²) in [5, 5.41) is 10.6. The first-order valence-electron chi connectivity index (χ1n) is 5.09. The molecule has 0 heterocycles. The number of hydrogen-bond donors (Lipinski definition) is 3. The fraction of sp³-hybridized carbons (Fsp3) is 0.667. The van der Waals surface area contributed by atoms with Crippen LogP contribution in [0, 0.1) is 0 Å². The molecule has 17 heavy (non-hydrogen) atoms. The summed E-state index contributed by atoms with van der Waals surface area (Å²) < 4.78 is 4.68. The lowest BCUT2D eigenvalue weighted by Crippen LogP contribution is -2.37. The van der Waals surface area contributed by atoms with E-state index < -0.39 is 18.6 Å². The second-order valence-electron chi connectivity index (χ2n) is 2.95. The van der Waals surface area contributed by atoms with Crippen LogP contribution in [-0.2, 0) is 19.2 Å². The van der Waals surface area contributed by atoms with E-state index >= 15 is 0 Å². The molecule has 8 nitrogen and oxygen atoms in total. The molecule has 0 saturated heterocycles. The van der Waals surface area contributed by atoms with E-state index in [-0.39, 0.29) is 18.9 Å². The number of nitrogens with one attached hydrogen (secondary N) is 2. The quantitative estimate of drug-likeness (QED) is 0.307. The number of carboxylic acid groups (broad SMARTS) is 1. The zero-order chi connectivity index (χ0) is 13.1. The van der Waals surface area contributed by atoms with E-state index in [0.29, 0.717) is 13.0 Å². The molecular formula is C9H16N2O6. The molecular weight excluding hydrogens is 232 g/mol. The molecule has 98 valence electrons. The lowest BCUT2D eigenvalue weighted by atomic mass is 10.3. The van der Waals surface area contributed by atoms with Crippen molar-refractivity contribution in [2.24, 2.45) is 0 Å². The third kappa shape index (κ3) is 10.5. The Kier molecular flexibility index (Phi) is 8.39. The first-order valence-corrected chi connectivity index (χ1v) is 5.09. The van der Waals surface area contributed by atoms with Gasteiger partial charge < -0.3 is 15.2 Å². The highest BCUT2D eigenvalue weighted by molar-refractivity contribution is 5.73. The topological polar surface area (TPSA) is 114 Å². The van der Waals surface area contributed by atoms with Crippen LogP contribution in [0.3, 0.4) is 0 Å². The number of carbonyl (C=O) groups is 3. The Balaban J connectivity index is 3.39. The van der Waals surface area contributed by atoms with Crippen molar-refractivity contribution in [1.82, 2.24) is 10.8 Å². The number of ether oxygens (including phenoxy) is 1. The number of hydrogen-bond acceptors (Lipinski definition) is 5. The third-order valence-electron chi connectivity index (χ3n) is 1.51. The number of carboxylic acids is 1. The highest BCUT2D eigenvalue weighted by Crippen LogP contribution is 1.91. The van der Waals surface area contributed by atoms with Gasteiger partial charge in [-0.05, 0) is 13.3 Å². The van der Waals surface area contributed by atoms with Crippen molar-refractivity contribution >= 4 is 18.0 Å². The minimum absolute atomic E-state index is 0.212. The average Bonchev–Trinajstić information content (AvgIpc) is 2.24. The standard InChI is InChI=1S/C9H16N2O6/c1-2-16-8(14)4-3-5-10-9(15)11-17-6-7(12)13/h2-6H2,1H3,(H,12,13)(H2,10,11,15). The summed E-state index contributed by atoms with van der Waals surface area (Å²) >= 11 is 0. The smallest absolute Gasteiger partial charge is 0.338 e. The van der Waals surface area contributed by atoms with Crippen LogP contribution < -0.4 is 10.8 Å². The monoisotopic (exact) mass is 248 g/mol. The number of aliphatic carboxylic acids is 1. The number of esters is 1. The fourth-order valence-electron chi connectivity index (χ4n) is 0.867. The van der Waals surface area contributed by atoms with E-state index in [0.717, 1.165) is 0 Å². The molecule has 0 bridgehead atoms. The van der Waals surface area contributed by atoms with Crippen molar-refractivity contribution in [3.05, 3.63) is 0 Å². The summed E-state index contributed by atoms with van der Waals surface area (Å²) in [7, 11) is 0. The molecule has 0 fully saturated rings. The predicted molar refractivity (Wildman–Crippen MR) is 56.0 cm³/mol. The van der Waals surface area contributed by atoms with Gasteiger partial charge in [-0.2, -0.15) is 0 Å². The Morgan fingerprint density at radius 3 is 2.59 bits per heavy atom. The van der Waals surface area contributed by atoms with E-state index in [9.17, 15) is 14.4 Å². The molecule has 0 spiro atoms. The van der Waals surface area contributed by atoms with Gasteiger partial charge in [0.1, 0.15) is 0 Å². The Labute approximate surface area is 98.2 Å². The Bertz CT molecular complexity index is 268. The Morgan fingerprint density at radius 1 is 1.29 bits per heavy atom. The van der Waals surface area contributed by atoms with Gasteiger partial charge in [-0.15, -0.1) is 0 Å². The maximum Gasteiger partial charge on any atom is 0.338 e. The van der Waals surface area contributed by atoms with Gasteiger partial charge in [0, 0.05) is 13.0 Å². The molecule has 0 aliphatic rings. The van der Waals surface area contributed by atoms with Crippen LogP contribution in [0.5, 0.6) is 0 Å². The minimum Gasteiger partial charge on any atom is -0.479 e. The summed E-state index contributed by atoms with van der Waals surface area (Å²) in [5.74, 6) is -1.51. The van der Waals surface area contributed by atoms with E-state index in [4.69, 9.17) is 5.11 Å². The predicted octanol–water partition coefficient (Wildman–Crippen LogP) is -0.355. The summed E-state index contributed by atoms with van der Waals surface area (Å²) in [6.07, 6.45) is 0.648. The van der Waals surface area contributed by atoms with Crippen molar-refractivity contribution in [1.29, 1.82) is 0 Å². The molecule has 8 heteroatoms. The maximum atomic E-state index is 10.9. The lowest BCUT2D eigenvalue weighted by molar-refractivity contribution is -0.144. The van der Waals surface area contributed by atoms with Gasteiger partial charge in [0.15, 0.2) is 6.61 Å². The normalized spacial score (nSPS) is 9.47. The number of amides is 2. The van der Waals surface area contributed by atoms with E-state index in [1.165, 1.54) is 0 Å². The van der Waals surface area contributed by atoms with Gasteiger partial charge in [-0.25, -0.2) is 15.1 Å². The van der Waals surface area contributed by atoms with Crippen LogP contribution in [0.4, 0.5) is 4.79 Å². The second-order valence-corrected chi connectivity index (χ2v) is 2.95. The van der Waals surface area contributed by atoms with Crippen LogP contribution in [0.15, 0.2) is 0 Å². The van der Waals surface area contributed by atoms with Crippen LogP contribution in [0.25, 0.3) is 0 Å². The van der Waals surface area contributed by atoms with Crippen LogP contribution in [-0.4, -0.2) is 42.8 Å². The molecule has 0 aliphatic carbocycles.